The second-order valence-electron chi connectivity index (χ2n) is 5.08. The molecular formula is C18H15FN2O3. The number of carbonyl (C=O) groups is 1. The van der Waals surface area contributed by atoms with E-state index in [1.54, 1.807) is 48.5 Å². The van der Waals surface area contributed by atoms with Crippen LogP contribution in [0, 0.1) is 5.82 Å². The van der Waals surface area contributed by atoms with E-state index in [0.29, 0.717) is 28.3 Å². The Labute approximate surface area is 138 Å². The van der Waals surface area contributed by atoms with Crippen LogP contribution in [0.3, 0.4) is 0 Å². The third kappa shape index (κ3) is 3.43. The van der Waals surface area contributed by atoms with Crippen molar-refractivity contribution in [3.63, 3.8) is 0 Å². The standard InChI is InChI=1S/C18H15FN2O3/c1-23-14-6-4-5-12(9-14)18(22)20-11-13-10-17(24-21-13)15-7-2-3-8-16(15)19/h2-10H,11H2,1H3,(H,20,22). The highest BCUT2D eigenvalue weighted by Gasteiger charge is 2.12. The van der Waals surface area contributed by atoms with Crippen LogP contribution in [0.2, 0.25) is 0 Å². The van der Waals surface area contributed by atoms with Crippen molar-refractivity contribution in [2.75, 3.05) is 7.11 Å². The highest BCUT2D eigenvalue weighted by molar-refractivity contribution is 5.94. The van der Waals surface area contributed by atoms with Crippen molar-refractivity contribution in [2.24, 2.45) is 0 Å². The fourth-order valence-corrected chi connectivity index (χ4v) is 2.22. The number of rotatable bonds is 5. The fraction of sp³-hybridized carbons (Fsp3) is 0.111. The number of methoxy groups -OCH3 is 1. The molecule has 3 aromatic rings. The van der Waals surface area contributed by atoms with E-state index in [0.717, 1.165) is 0 Å². The molecule has 5 nitrogen and oxygen atoms in total. The van der Waals surface area contributed by atoms with Crippen molar-refractivity contribution in [3.8, 4) is 17.1 Å². The number of hydrogen-bond acceptors (Lipinski definition) is 4. The number of nitrogens with one attached hydrogen (secondary N) is 1. The maximum absolute atomic E-state index is 13.7. The monoisotopic (exact) mass is 326 g/mol. The Morgan fingerprint density at radius 1 is 1.21 bits per heavy atom. The number of halogens is 1. The lowest BCUT2D eigenvalue weighted by Crippen LogP contribution is -2.22. The van der Waals surface area contributed by atoms with E-state index in [1.165, 1.54) is 13.2 Å². The van der Waals surface area contributed by atoms with Crippen molar-refractivity contribution in [1.29, 1.82) is 0 Å². The molecule has 1 aromatic heterocycles. The van der Waals surface area contributed by atoms with Gasteiger partial charge in [0.15, 0.2) is 5.76 Å². The average molecular weight is 326 g/mol. The van der Waals surface area contributed by atoms with Crippen LogP contribution in [0.5, 0.6) is 5.75 Å². The Hall–Kier alpha value is -3.15. The van der Waals surface area contributed by atoms with Gasteiger partial charge in [-0.3, -0.25) is 4.79 Å². The Morgan fingerprint density at radius 2 is 2.04 bits per heavy atom. The van der Waals surface area contributed by atoms with Gasteiger partial charge in [-0.2, -0.15) is 0 Å². The number of aromatic nitrogens is 1. The lowest BCUT2D eigenvalue weighted by Gasteiger charge is -2.05. The van der Waals surface area contributed by atoms with E-state index in [4.69, 9.17) is 9.26 Å². The average Bonchev–Trinajstić information content (AvgIpc) is 3.09. The zero-order valence-corrected chi connectivity index (χ0v) is 13.0. The minimum atomic E-state index is -0.388. The van der Waals surface area contributed by atoms with Gasteiger partial charge in [-0.05, 0) is 30.3 Å². The van der Waals surface area contributed by atoms with Crippen LogP contribution < -0.4 is 10.1 Å². The molecule has 0 bridgehead atoms. The first-order chi connectivity index (χ1) is 11.7. The van der Waals surface area contributed by atoms with Gasteiger partial charge in [-0.1, -0.05) is 23.4 Å². The van der Waals surface area contributed by atoms with E-state index in [1.807, 2.05) is 0 Å². The summed E-state index contributed by atoms with van der Waals surface area (Å²) in [6, 6.07) is 14.7. The van der Waals surface area contributed by atoms with Crippen molar-refractivity contribution in [1.82, 2.24) is 10.5 Å². The van der Waals surface area contributed by atoms with Crippen LogP contribution >= 0.6 is 0 Å². The molecule has 0 spiro atoms. The molecule has 0 aliphatic carbocycles. The number of carbonyl (C=O) groups excluding carboxylic acids is 1. The Kier molecular flexibility index (Phi) is 4.56. The molecule has 3 rings (SSSR count). The maximum Gasteiger partial charge on any atom is 0.251 e. The van der Waals surface area contributed by atoms with Gasteiger partial charge in [0.2, 0.25) is 0 Å². The van der Waals surface area contributed by atoms with E-state index < -0.39 is 0 Å². The number of ether oxygens (including phenoxy) is 1. The van der Waals surface area contributed by atoms with E-state index in [-0.39, 0.29) is 18.3 Å². The molecular weight excluding hydrogens is 311 g/mol. The Balaban J connectivity index is 1.67. The molecule has 0 saturated carbocycles. The fourth-order valence-electron chi connectivity index (χ4n) is 2.22. The maximum atomic E-state index is 13.7. The summed E-state index contributed by atoms with van der Waals surface area (Å²) in [6.07, 6.45) is 0. The van der Waals surface area contributed by atoms with Crippen LogP contribution in [-0.2, 0) is 6.54 Å². The molecule has 1 heterocycles. The first-order valence-corrected chi connectivity index (χ1v) is 7.30. The summed E-state index contributed by atoms with van der Waals surface area (Å²) < 4.78 is 24.0. The van der Waals surface area contributed by atoms with E-state index in [9.17, 15) is 9.18 Å². The van der Waals surface area contributed by atoms with Crippen LogP contribution in [0.1, 0.15) is 16.1 Å². The summed E-state index contributed by atoms with van der Waals surface area (Å²) in [5, 5.41) is 6.59. The Morgan fingerprint density at radius 3 is 2.83 bits per heavy atom. The SMILES string of the molecule is COc1cccc(C(=O)NCc2cc(-c3ccccc3F)on2)c1. The zero-order valence-electron chi connectivity index (χ0n) is 13.0. The number of benzene rings is 2. The quantitative estimate of drug-likeness (QED) is 0.780. The zero-order chi connectivity index (χ0) is 16.9. The summed E-state index contributed by atoms with van der Waals surface area (Å²) in [5.41, 5.74) is 1.31. The van der Waals surface area contributed by atoms with E-state index >= 15 is 0 Å². The number of hydrogen-bond donors (Lipinski definition) is 1. The van der Waals surface area contributed by atoms with Crippen LogP contribution in [-0.4, -0.2) is 18.2 Å². The molecule has 0 atom stereocenters. The van der Waals surface area contributed by atoms with Crippen LogP contribution in [0.25, 0.3) is 11.3 Å². The van der Waals surface area contributed by atoms with Gasteiger partial charge >= 0.3 is 0 Å². The second kappa shape index (κ2) is 6.95. The molecule has 122 valence electrons. The van der Waals surface area contributed by atoms with Crippen molar-refractivity contribution < 1.29 is 18.4 Å². The number of amides is 1. The second-order valence-corrected chi connectivity index (χ2v) is 5.08. The van der Waals surface area contributed by atoms with Gasteiger partial charge in [0.1, 0.15) is 17.3 Å². The van der Waals surface area contributed by atoms with Gasteiger partial charge in [-0.15, -0.1) is 0 Å². The molecule has 2 aromatic carbocycles. The lowest BCUT2D eigenvalue weighted by atomic mass is 10.1. The number of nitrogens with zero attached hydrogens (tertiary/aromatic N) is 1. The normalized spacial score (nSPS) is 10.4. The first kappa shape index (κ1) is 15.7. The molecule has 0 aliphatic rings. The summed E-state index contributed by atoms with van der Waals surface area (Å²) in [6.45, 7) is 0.175. The predicted molar refractivity (Wildman–Crippen MR) is 86.1 cm³/mol. The third-order valence-corrected chi connectivity index (χ3v) is 3.46. The van der Waals surface area contributed by atoms with Crippen molar-refractivity contribution in [2.45, 2.75) is 6.54 Å². The minimum Gasteiger partial charge on any atom is -0.497 e. The van der Waals surface area contributed by atoms with Gasteiger partial charge in [-0.25, -0.2) is 4.39 Å². The summed E-state index contributed by atoms with van der Waals surface area (Å²) in [7, 11) is 1.54. The molecule has 0 radical (unpaired) electrons. The Bertz CT molecular complexity index is 861. The summed E-state index contributed by atoms with van der Waals surface area (Å²) in [5.74, 6) is 0.273. The molecule has 0 unspecified atom stereocenters. The first-order valence-electron chi connectivity index (χ1n) is 7.30. The highest BCUT2D eigenvalue weighted by atomic mass is 19.1. The molecule has 24 heavy (non-hydrogen) atoms. The van der Waals surface area contributed by atoms with Gasteiger partial charge in [0.25, 0.3) is 5.91 Å². The smallest absolute Gasteiger partial charge is 0.251 e. The molecule has 1 N–H and O–H groups in total. The van der Waals surface area contributed by atoms with Crippen LogP contribution in [0.15, 0.2) is 59.1 Å². The third-order valence-electron chi connectivity index (χ3n) is 3.46. The lowest BCUT2D eigenvalue weighted by molar-refractivity contribution is 0.0949. The predicted octanol–water partition coefficient (Wildman–Crippen LogP) is 3.42. The summed E-state index contributed by atoms with van der Waals surface area (Å²) >= 11 is 0. The van der Waals surface area contributed by atoms with Crippen molar-refractivity contribution in [3.05, 3.63) is 71.7 Å². The molecule has 6 heteroatoms. The molecule has 0 fully saturated rings. The van der Waals surface area contributed by atoms with Crippen LogP contribution in [0.4, 0.5) is 4.39 Å². The molecule has 1 amide bonds. The largest absolute Gasteiger partial charge is 0.497 e. The van der Waals surface area contributed by atoms with Gasteiger partial charge in [0, 0.05) is 11.6 Å². The van der Waals surface area contributed by atoms with Gasteiger partial charge < -0.3 is 14.6 Å². The molecule has 0 saturated heterocycles. The van der Waals surface area contributed by atoms with E-state index in [2.05, 4.69) is 10.5 Å². The molecule has 0 aliphatic heterocycles. The topological polar surface area (TPSA) is 64.4 Å². The van der Waals surface area contributed by atoms with Crippen molar-refractivity contribution >= 4 is 5.91 Å². The minimum absolute atomic E-state index is 0.175. The highest BCUT2D eigenvalue weighted by Crippen LogP contribution is 2.23. The van der Waals surface area contributed by atoms with Gasteiger partial charge in [0.05, 0.1) is 19.2 Å². The summed E-state index contributed by atoms with van der Waals surface area (Å²) in [4.78, 5) is 12.1.